The zero-order valence-electron chi connectivity index (χ0n) is 13.7. The summed E-state index contributed by atoms with van der Waals surface area (Å²) in [5, 5.41) is 8.92. The van der Waals surface area contributed by atoms with Gasteiger partial charge in [0, 0.05) is 0 Å². The van der Waals surface area contributed by atoms with Crippen LogP contribution in [0, 0.1) is 46.8 Å². The van der Waals surface area contributed by atoms with E-state index in [0.29, 0.717) is 11.8 Å². The van der Waals surface area contributed by atoms with Crippen molar-refractivity contribution in [2.75, 3.05) is 4.90 Å². The lowest BCUT2D eigenvalue weighted by atomic mass is 9.59. The molecule has 0 N–H and O–H groups in total. The molecule has 4 nitrogen and oxygen atoms in total. The Morgan fingerprint density at radius 1 is 1.00 bits per heavy atom. The number of nitrogens with zero attached hydrogens (tertiary/aromatic N) is 2. The standard InChI is InChI=1S/C19H15F3N2O2/c20-19(21,22)14-5-9(2-1-8(14)7-23)24-17(25)15-10-3-4-11(13-6-12(10)13)16(15)18(24)26/h1-2,5,10-13,15-16H,3-4,6H2. The number of carbonyl (C=O) groups excluding carboxylic acids is 2. The van der Waals surface area contributed by atoms with E-state index in [9.17, 15) is 22.8 Å². The molecule has 6 rings (SSSR count). The molecule has 6 unspecified atom stereocenters. The van der Waals surface area contributed by atoms with E-state index in [-0.39, 0.29) is 41.2 Å². The summed E-state index contributed by atoms with van der Waals surface area (Å²) >= 11 is 0. The summed E-state index contributed by atoms with van der Waals surface area (Å²) in [5.41, 5.74) is -1.70. The minimum Gasteiger partial charge on any atom is -0.274 e. The molecule has 0 radical (unpaired) electrons. The molecule has 2 bridgehead atoms. The first-order valence-corrected chi connectivity index (χ1v) is 8.82. The van der Waals surface area contributed by atoms with E-state index in [1.165, 1.54) is 12.1 Å². The maximum atomic E-state index is 13.2. The average molecular weight is 360 g/mol. The highest BCUT2D eigenvalue weighted by Gasteiger charge is 2.68. The second-order valence-electron chi connectivity index (χ2n) is 7.87. The fourth-order valence-corrected chi connectivity index (χ4v) is 5.80. The van der Waals surface area contributed by atoms with Crippen LogP contribution < -0.4 is 4.90 Å². The van der Waals surface area contributed by atoms with Crippen molar-refractivity contribution in [1.29, 1.82) is 5.26 Å². The molecule has 1 saturated heterocycles. The lowest BCUT2D eigenvalue weighted by Gasteiger charge is -2.42. The van der Waals surface area contributed by atoms with Gasteiger partial charge in [-0.3, -0.25) is 14.5 Å². The van der Waals surface area contributed by atoms with E-state index >= 15 is 0 Å². The van der Waals surface area contributed by atoms with Crippen LogP contribution >= 0.6 is 0 Å². The summed E-state index contributed by atoms with van der Waals surface area (Å²) < 4.78 is 39.7. The van der Waals surface area contributed by atoms with Crippen molar-refractivity contribution >= 4 is 17.5 Å². The number of amides is 2. The number of hydrogen-bond acceptors (Lipinski definition) is 3. The zero-order valence-corrected chi connectivity index (χ0v) is 13.7. The molecule has 2 amide bonds. The Morgan fingerprint density at radius 3 is 2.08 bits per heavy atom. The molecule has 5 aliphatic rings. The van der Waals surface area contributed by atoms with Crippen LogP contribution in [-0.4, -0.2) is 11.8 Å². The molecule has 26 heavy (non-hydrogen) atoms. The van der Waals surface area contributed by atoms with Crippen LogP contribution in [-0.2, 0) is 15.8 Å². The largest absolute Gasteiger partial charge is 0.417 e. The normalized spacial score (nSPS) is 37.4. The first kappa shape index (κ1) is 15.9. The number of halogens is 3. The Morgan fingerprint density at radius 2 is 1.58 bits per heavy atom. The van der Waals surface area contributed by atoms with Crippen molar-refractivity contribution in [3.8, 4) is 6.07 Å². The van der Waals surface area contributed by atoms with E-state index < -0.39 is 17.3 Å². The molecular formula is C19H15F3N2O2. The van der Waals surface area contributed by atoms with E-state index in [1.807, 2.05) is 0 Å². The van der Waals surface area contributed by atoms with Gasteiger partial charge in [-0.2, -0.15) is 18.4 Å². The third-order valence-electron chi connectivity index (χ3n) is 6.83. The lowest BCUT2D eigenvalue weighted by Crippen LogP contribution is -2.43. The lowest BCUT2D eigenvalue weighted by molar-refractivity contribution is -0.138. The topological polar surface area (TPSA) is 61.2 Å². The van der Waals surface area contributed by atoms with Crippen molar-refractivity contribution in [3.05, 3.63) is 29.3 Å². The first-order valence-electron chi connectivity index (χ1n) is 8.82. The van der Waals surface area contributed by atoms with Crippen LogP contribution in [0.1, 0.15) is 30.4 Å². The quantitative estimate of drug-likeness (QED) is 0.722. The van der Waals surface area contributed by atoms with Crippen molar-refractivity contribution < 1.29 is 22.8 Å². The summed E-state index contributed by atoms with van der Waals surface area (Å²) in [4.78, 5) is 26.9. The van der Waals surface area contributed by atoms with Crippen LogP contribution in [0.15, 0.2) is 18.2 Å². The minimum absolute atomic E-state index is 0.0752. The Hall–Kier alpha value is -2.36. The molecule has 1 aromatic carbocycles. The summed E-state index contributed by atoms with van der Waals surface area (Å²) in [5.74, 6) is -0.0774. The monoisotopic (exact) mass is 360 g/mol. The highest BCUT2D eigenvalue weighted by atomic mass is 19.4. The Labute approximate surface area is 147 Å². The van der Waals surface area contributed by atoms with Gasteiger partial charge in [0.15, 0.2) is 0 Å². The second-order valence-corrected chi connectivity index (χ2v) is 7.87. The maximum absolute atomic E-state index is 13.2. The van der Waals surface area contributed by atoms with E-state index in [4.69, 9.17) is 5.26 Å². The molecule has 1 aliphatic heterocycles. The zero-order chi connectivity index (χ0) is 18.4. The van der Waals surface area contributed by atoms with Gasteiger partial charge in [-0.05, 0) is 61.1 Å². The summed E-state index contributed by atoms with van der Waals surface area (Å²) in [7, 11) is 0. The summed E-state index contributed by atoms with van der Waals surface area (Å²) in [6, 6.07) is 4.58. The molecule has 6 atom stereocenters. The molecule has 7 heteroatoms. The second kappa shape index (κ2) is 4.87. The fraction of sp³-hybridized carbons (Fsp3) is 0.526. The smallest absolute Gasteiger partial charge is 0.274 e. The number of anilines is 1. The molecule has 0 spiro atoms. The maximum Gasteiger partial charge on any atom is 0.417 e. The van der Waals surface area contributed by atoms with Gasteiger partial charge >= 0.3 is 6.18 Å². The van der Waals surface area contributed by atoms with Gasteiger partial charge < -0.3 is 0 Å². The van der Waals surface area contributed by atoms with Crippen LogP contribution in [0.4, 0.5) is 18.9 Å². The van der Waals surface area contributed by atoms with Crippen molar-refractivity contribution in [2.24, 2.45) is 35.5 Å². The summed E-state index contributed by atoms with van der Waals surface area (Å²) in [6.45, 7) is 0. The number of carbonyl (C=O) groups is 2. The number of hydrogen-bond donors (Lipinski definition) is 0. The third kappa shape index (κ3) is 1.90. The number of alkyl halides is 3. The molecule has 4 aliphatic carbocycles. The molecular weight excluding hydrogens is 345 g/mol. The average Bonchev–Trinajstić information content (AvgIpc) is 3.38. The molecule has 1 aromatic rings. The number of fused-ring (bicyclic) bond motifs is 1. The predicted octanol–water partition coefficient (Wildman–Crippen LogP) is 3.36. The van der Waals surface area contributed by atoms with Gasteiger partial charge in [0.2, 0.25) is 11.8 Å². The molecule has 0 aromatic heterocycles. The number of benzene rings is 1. The van der Waals surface area contributed by atoms with Crippen LogP contribution in [0.5, 0.6) is 0 Å². The summed E-state index contributed by atoms with van der Waals surface area (Å²) in [6.07, 6.45) is -1.78. The van der Waals surface area contributed by atoms with Crippen molar-refractivity contribution in [2.45, 2.75) is 25.4 Å². The minimum atomic E-state index is -4.72. The van der Waals surface area contributed by atoms with Gasteiger partial charge in [-0.1, -0.05) is 0 Å². The Balaban J connectivity index is 1.57. The van der Waals surface area contributed by atoms with Gasteiger partial charge in [-0.25, -0.2) is 0 Å². The highest BCUT2D eigenvalue weighted by molar-refractivity contribution is 6.22. The predicted molar refractivity (Wildman–Crippen MR) is 83.4 cm³/mol. The van der Waals surface area contributed by atoms with E-state index in [0.717, 1.165) is 36.3 Å². The van der Waals surface area contributed by atoms with Crippen LogP contribution in [0.3, 0.4) is 0 Å². The van der Waals surface area contributed by atoms with Gasteiger partial charge in [-0.15, -0.1) is 0 Å². The number of rotatable bonds is 1. The molecule has 5 fully saturated rings. The Bertz CT molecular complexity index is 854. The van der Waals surface area contributed by atoms with Crippen molar-refractivity contribution in [1.82, 2.24) is 0 Å². The third-order valence-corrected chi connectivity index (χ3v) is 6.83. The number of nitriles is 1. The fourth-order valence-electron chi connectivity index (χ4n) is 5.80. The van der Waals surface area contributed by atoms with Gasteiger partial charge in [0.25, 0.3) is 0 Å². The molecule has 134 valence electrons. The Kier molecular flexibility index (Phi) is 2.97. The van der Waals surface area contributed by atoms with E-state index in [1.54, 1.807) is 0 Å². The van der Waals surface area contributed by atoms with Gasteiger partial charge in [0.05, 0.1) is 34.7 Å². The molecule has 1 heterocycles. The van der Waals surface area contributed by atoms with Gasteiger partial charge in [0.1, 0.15) is 0 Å². The van der Waals surface area contributed by atoms with E-state index in [2.05, 4.69) is 0 Å². The SMILES string of the molecule is N#Cc1ccc(N2C(=O)C3C4CCC(C5CC54)C3C2=O)cc1C(F)(F)F. The highest BCUT2D eigenvalue weighted by Crippen LogP contribution is 2.68. The van der Waals surface area contributed by atoms with Crippen LogP contribution in [0.25, 0.3) is 0 Å². The van der Waals surface area contributed by atoms with Crippen molar-refractivity contribution in [3.63, 3.8) is 0 Å². The first-order chi connectivity index (χ1) is 12.3. The van der Waals surface area contributed by atoms with Crippen LogP contribution in [0.2, 0.25) is 0 Å². The number of imide groups is 1. The molecule has 4 saturated carbocycles.